The van der Waals surface area contributed by atoms with Gasteiger partial charge in [0, 0.05) is 44.5 Å². The molecule has 0 saturated carbocycles. The minimum Gasteiger partial charge on any atom is -0.408 e. The molecule has 1 unspecified atom stereocenters. The number of carbonyl (C=O) groups excluding carboxylic acids is 1. The summed E-state index contributed by atoms with van der Waals surface area (Å²) >= 11 is 0. The fourth-order valence-corrected chi connectivity index (χ4v) is 3.59. The maximum absolute atomic E-state index is 12.7. The summed E-state index contributed by atoms with van der Waals surface area (Å²) in [7, 11) is 0. The first-order valence-corrected chi connectivity index (χ1v) is 9.52. The second kappa shape index (κ2) is 8.00. The summed E-state index contributed by atoms with van der Waals surface area (Å²) in [5.41, 5.74) is 2.99. The predicted molar refractivity (Wildman–Crippen MR) is 108 cm³/mol. The van der Waals surface area contributed by atoms with Gasteiger partial charge in [0.1, 0.15) is 0 Å². The van der Waals surface area contributed by atoms with Gasteiger partial charge >= 0.3 is 5.76 Å². The van der Waals surface area contributed by atoms with Crippen LogP contribution in [-0.4, -0.2) is 52.9 Å². The summed E-state index contributed by atoms with van der Waals surface area (Å²) in [5, 5.41) is 2.92. The van der Waals surface area contributed by atoms with Gasteiger partial charge in [-0.2, -0.15) is 0 Å². The number of aromatic amines is 1. The number of fused-ring (bicyclic) bond motifs is 1. The molecular weight excluding hydrogens is 356 g/mol. The van der Waals surface area contributed by atoms with Gasteiger partial charge in [0.05, 0.1) is 11.6 Å². The molecule has 0 aliphatic carbocycles. The largest absolute Gasteiger partial charge is 0.417 e. The van der Waals surface area contributed by atoms with Gasteiger partial charge in [-0.3, -0.25) is 19.6 Å². The Balaban J connectivity index is 1.32. The molecule has 1 aliphatic rings. The first kappa shape index (κ1) is 18.5. The van der Waals surface area contributed by atoms with E-state index in [9.17, 15) is 9.59 Å². The van der Waals surface area contributed by atoms with Crippen molar-refractivity contribution in [2.24, 2.45) is 0 Å². The van der Waals surface area contributed by atoms with Crippen LogP contribution in [0.15, 0.2) is 57.7 Å². The molecule has 1 aromatic heterocycles. The molecule has 7 heteroatoms. The number of rotatable bonds is 5. The minimum atomic E-state index is -0.500. The Bertz CT molecular complexity index is 1000. The van der Waals surface area contributed by atoms with Crippen molar-refractivity contribution in [3.63, 3.8) is 0 Å². The van der Waals surface area contributed by atoms with Crippen LogP contribution in [0.25, 0.3) is 11.1 Å². The topological polar surface area (TPSA) is 81.6 Å². The zero-order valence-electron chi connectivity index (χ0n) is 15.9. The molecule has 2 heterocycles. The third-order valence-corrected chi connectivity index (χ3v) is 5.27. The van der Waals surface area contributed by atoms with Crippen molar-refractivity contribution in [3.05, 3.63) is 64.6 Å². The number of aromatic nitrogens is 1. The Morgan fingerprint density at radius 2 is 1.89 bits per heavy atom. The highest BCUT2D eigenvalue weighted by molar-refractivity contribution is 5.96. The van der Waals surface area contributed by atoms with E-state index in [1.54, 1.807) is 18.2 Å². The Morgan fingerprint density at radius 3 is 2.64 bits per heavy atom. The minimum absolute atomic E-state index is 0.0613. The zero-order valence-corrected chi connectivity index (χ0v) is 15.9. The van der Waals surface area contributed by atoms with Gasteiger partial charge in [-0.25, -0.2) is 4.79 Å². The number of nitrogens with one attached hydrogen (secondary N) is 2. The molecule has 2 N–H and O–H groups in total. The average molecular weight is 380 g/mol. The lowest BCUT2D eigenvalue weighted by Gasteiger charge is -2.37. The van der Waals surface area contributed by atoms with Crippen LogP contribution in [0, 0.1) is 0 Å². The summed E-state index contributed by atoms with van der Waals surface area (Å²) < 4.78 is 5.05. The molecule has 1 aliphatic heterocycles. The number of amides is 1. The number of carbonyl (C=O) groups is 1. The molecule has 146 valence electrons. The lowest BCUT2D eigenvalue weighted by atomic mass is 10.1. The van der Waals surface area contributed by atoms with Crippen molar-refractivity contribution < 1.29 is 9.21 Å². The SMILES string of the molecule is CC(C(=O)Nc1ccc2[nH]c(=O)oc2c1)N1CCN(Cc2ccccc2)CC1. The first-order chi connectivity index (χ1) is 13.6. The predicted octanol–water partition coefficient (Wildman–Crippen LogP) is 2.27. The molecule has 1 amide bonds. The highest BCUT2D eigenvalue weighted by Gasteiger charge is 2.25. The van der Waals surface area contributed by atoms with E-state index in [1.165, 1.54) is 5.56 Å². The highest BCUT2D eigenvalue weighted by atomic mass is 16.4. The van der Waals surface area contributed by atoms with Gasteiger partial charge < -0.3 is 9.73 Å². The molecule has 1 saturated heterocycles. The van der Waals surface area contributed by atoms with Crippen molar-refractivity contribution in [3.8, 4) is 0 Å². The zero-order chi connectivity index (χ0) is 19.5. The maximum atomic E-state index is 12.7. The number of oxazole rings is 1. The van der Waals surface area contributed by atoms with Gasteiger partial charge in [-0.15, -0.1) is 0 Å². The van der Waals surface area contributed by atoms with Crippen LogP contribution < -0.4 is 11.1 Å². The first-order valence-electron chi connectivity index (χ1n) is 9.52. The van der Waals surface area contributed by atoms with Crippen molar-refractivity contribution in [2.45, 2.75) is 19.5 Å². The summed E-state index contributed by atoms with van der Waals surface area (Å²) in [5.74, 6) is -0.561. The summed E-state index contributed by atoms with van der Waals surface area (Å²) in [6, 6.07) is 15.4. The Kier molecular flexibility index (Phi) is 5.27. The molecule has 3 aromatic rings. The molecule has 2 aromatic carbocycles. The normalized spacial score (nSPS) is 16.9. The second-order valence-electron chi connectivity index (χ2n) is 7.19. The van der Waals surface area contributed by atoms with E-state index < -0.39 is 5.76 Å². The molecule has 1 atom stereocenters. The van der Waals surface area contributed by atoms with E-state index in [2.05, 4.69) is 44.4 Å². The third-order valence-electron chi connectivity index (χ3n) is 5.27. The van der Waals surface area contributed by atoms with E-state index in [-0.39, 0.29) is 11.9 Å². The van der Waals surface area contributed by atoms with Crippen LogP contribution in [0.3, 0.4) is 0 Å². The third kappa shape index (κ3) is 4.16. The van der Waals surface area contributed by atoms with Crippen LogP contribution >= 0.6 is 0 Å². The number of piperazine rings is 1. The average Bonchev–Trinajstić information content (AvgIpc) is 3.08. The smallest absolute Gasteiger partial charge is 0.408 e. The summed E-state index contributed by atoms with van der Waals surface area (Å²) in [4.78, 5) is 31.1. The van der Waals surface area contributed by atoms with Crippen molar-refractivity contribution in [1.29, 1.82) is 0 Å². The molecule has 0 bridgehead atoms. The van der Waals surface area contributed by atoms with Gasteiger partial charge in [-0.05, 0) is 24.6 Å². The quantitative estimate of drug-likeness (QED) is 0.710. The van der Waals surface area contributed by atoms with E-state index in [0.717, 1.165) is 32.7 Å². The lowest BCUT2D eigenvalue weighted by Crippen LogP contribution is -2.52. The van der Waals surface area contributed by atoms with Crippen LogP contribution in [-0.2, 0) is 11.3 Å². The van der Waals surface area contributed by atoms with Gasteiger partial charge in [0.2, 0.25) is 5.91 Å². The number of benzene rings is 2. The molecular formula is C21H24N4O3. The number of hydrogen-bond donors (Lipinski definition) is 2. The fraction of sp³-hybridized carbons (Fsp3) is 0.333. The molecule has 0 spiro atoms. The summed E-state index contributed by atoms with van der Waals surface area (Å²) in [6.07, 6.45) is 0. The van der Waals surface area contributed by atoms with Crippen LogP contribution in [0.5, 0.6) is 0 Å². The molecule has 7 nitrogen and oxygen atoms in total. The number of anilines is 1. The Hall–Kier alpha value is -2.90. The Morgan fingerprint density at radius 1 is 1.14 bits per heavy atom. The van der Waals surface area contributed by atoms with Crippen molar-refractivity contribution in [1.82, 2.24) is 14.8 Å². The van der Waals surface area contributed by atoms with Gasteiger partial charge in [0.15, 0.2) is 5.58 Å². The van der Waals surface area contributed by atoms with E-state index >= 15 is 0 Å². The summed E-state index contributed by atoms with van der Waals surface area (Å²) in [6.45, 7) is 6.45. The fourth-order valence-electron chi connectivity index (χ4n) is 3.59. The maximum Gasteiger partial charge on any atom is 0.417 e. The second-order valence-corrected chi connectivity index (χ2v) is 7.19. The van der Waals surface area contributed by atoms with Crippen LogP contribution in [0.4, 0.5) is 5.69 Å². The van der Waals surface area contributed by atoms with E-state index in [1.807, 2.05) is 13.0 Å². The van der Waals surface area contributed by atoms with Gasteiger partial charge in [-0.1, -0.05) is 30.3 Å². The van der Waals surface area contributed by atoms with E-state index in [0.29, 0.717) is 16.8 Å². The van der Waals surface area contributed by atoms with Crippen molar-refractivity contribution >= 4 is 22.7 Å². The van der Waals surface area contributed by atoms with Crippen LogP contribution in [0.1, 0.15) is 12.5 Å². The number of H-pyrrole nitrogens is 1. The lowest BCUT2D eigenvalue weighted by molar-refractivity contribution is -0.121. The molecule has 4 rings (SSSR count). The highest BCUT2D eigenvalue weighted by Crippen LogP contribution is 2.17. The standard InChI is InChI=1S/C21H24N4O3/c1-15(20(26)22-17-7-8-18-19(13-17)28-21(27)23-18)25-11-9-24(10-12-25)14-16-5-3-2-4-6-16/h2-8,13,15H,9-12,14H2,1H3,(H,22,26)(H,23,27). The Labute approximate surface area is 162 Å². The monoisotopic (exact) mass is 380 g/mol. The molecule has 28 heavy (non-hydrogen) atoms. The van der Waals surface area contributed by atoms with Crippen LogP contribution in [0.2, 0.25) is 0 Å². The van der Waals surface area contributed by atoms with Gasteiger partial charge in [0.25, 0.3) is 0 Å². The van der Waals surface area contributed by atoms with Crippen molar-refractivity contribution in [2.75, 3.05) is 31.5 Å². The number of nitrogens with zero attached hydrogens (tertiary/aromatic N) is 2. The number of hydrogen-bond acceptors (Lipinski definition) is 5. The van der Waals surface area contributed by atoms with E-state index in [4.69, 9.17) is 4.42 Å². The molecule has 0 radical (unpaired) electrons. The molecule has 1 fully saturated rings.